The molecular formula is C16H23NO2. The van der Waals surface area contributed by atoms with Crippen LogP contribution in [0.2, 0.25) is 0 Å². The van der Waals surface area contributed by atoms with Gasteiger partial charge in [-0.3, -0.25) is 0 Å². The van der Waals surface area contributed by atoms with Crippen LogP contribution in [0.1, 0.15) is 49.3 Å². The summed E-state index contributed by atoms with van der Waals surface area (Å²) >= 11 is 0. The molecule has 1 heterocycles. The van der Waals surface area contributed by atoms with Gasteiger partial charge in [-0.25, -0.2) is 0 Å². The summed E-state index contributed by atoms with van der Waals surface area (Å²) in [6, 6.07) is 6.61. The Labute approximate surface area is 115 Å². The van der Waals surface area contributed by atoms with Gasteiger partial charge in [0.2, 0.25) is 0 Å². The Morgan fingerprint density at radius 3 is 2.79 bits per heavy atom. The Balaban J connectivity index is 1.70. The largest absolute Gasteiger partial charge is 0.491 e. The van der Waals surface area contributed by atoms with E-state index in [2.05, 4.69) is 5.32 Å². The van der Waals surface area contributed by atoms with Gasteiger partial charge < -0.3 is 15.2 Å². The highest BCUT2D eigenvalue weighted by molar-refractivity contribution is 5.40. The van der Waals surface area contributed by atoms with Gasteiger partial charge >= 0.3 is 0 Å². The number of fused-ring (bicyclic) bond motifs is 1. The summed E-state index contributed by atoms with van der Waals surface area (Å²) in [5.41, 5.74) is 2.09. The van der Waals surface area contributed by atoms with Gasteiger partial charge in [0.15, 0.2) is 0 Å². The van der Waals surface area contributed by atoms with Gasteiger partial charge in [-0.1, -0.05) is 31.4 Å². The molecule has 0 aromatic heterocycles. The SMILES string of the molecule is Cc1ccc2c(c1)OCC(NC1CCCCC1)C2O. The van der Waals surface area contributed by atoms with E-state index in [-0.39, 0.29) is 6.04 Å². The molecule has 1 aromatic carbocycles. The third kappa shape index (κ3) is 2.77. The van der Waals surface area contributed by atoms with Crippen LogP contribution in [0.15, 0.2) is 18.2 Å². The molecule has 1 aromatic rings. The van der Waals surface area contributed by atoms with Crippen molar-refractivity contribution in [3.05, 3.63) is 29.3 Å². The third-order valence-corrected chi connectivity index (χ3v) is 4.34. The van der Waals surface area contributed by atoms with Crippen LogP contribution < -0.4 is 10.1 Å². The van der Waals surface area contributed by atoms with Gasteiger partial charge in [-0.15, -0.1) is 0 Å². The topological polar surface area (TPSA) is 41.5 Å². The summed E-state index contributed by atoms with van der Waals surface area (Å²) in [4.78, 5) is 0. The first-order chi connectivity index (χ1) is 9.24. The second kappa shape index (κ2) is 5.51. The van der Waals surface area contributed by atoms with Crippen LogP contribution in [0.5, 0.6) is 5.75 Å². The zero-order chi connectivity index (χ0) is 13.2. The van der Waals surface area contributed by atoms with Gasteiger partial charge in [0.1, 0.15) is 18.5 Å². The van der Waals surface area contributed by atoms with Crippen LogP contribution in [-0.4, -0.2) is 23.8 Å². The lowest BCUT2D eigenvalue weighted by Gasteiger charge is -2.35. The summed E-state index contributed by atoms with van der Waals surface area (Å²) in [7, 11) is 0. The Morgan fingerprint density at radius 2 is 2.00 bits per heavy atom. The van der Waals surface area contributed by atoms with E-state index in [1.165, 1.54) is 37.7 Å². The molecule has 0 saturated heterocycles. The molecule has 2 atom stereocenters. The van der Waals surface area contributed by atoms with E-state index in [0.717, 1.165) is 11.3 Å². The zero-order valence-corrected chi connectivity index (χ0v) is 11.6. The van der Waals surface area contributed by atoms with Crippen molar-refractivity contribution in [2.75, 3.05) is 6.61 Å². The van der Waals surface area contributed by atoms with E-state index < -0.39 is 6.10 Å². The number of aliphatic hydroxyl groups is 1. The van der Waals surface area contributed by atoms with Crippen molar-refractivity contribution in [2.45, 2.75) is 57.2 Å². The zero-order valence-electron chi connectivity index (χ0n) is 11.6. The van der Waals surface area contributed by atoms with Crippen molar-refractivity contribution < 1.29 is 9.84 Å². The van der Waals surface area contributed by atoms with Crippen molar-refractivity contribution >= 4 is 0 Å². The van der Waals surface area contributed by atoms with Gasteiger partial charge in [-0.05, 0) is 31.4 Å². The molecule has 0 bridgehead atoms. The van der Waals surface area contributed by atoms with Gasteiger partial charge in [0.25, 0.3) is 0 Å². The van der Waals surface area contributed by atoms with Crippen molar-refractivity contribution in [3.63, 3.8) is 0 Å². The third-order valence-electron chi connectivity index (χ3n) is 4.34. The number of ether oxygens (including phenoxy) is 1. The minimum absolute atomic E-state index is 0.0262. The number of aliphatic hydroxyl groups excluding tert-OH is 1. The molecule has 2 unspecified atom stereocenters. The lowest BCUT2D eigenvalue weighted by Crippen LogP contribution is -2.48. The molecule has 3 rings (SSSR count). The highest BCUT2D eigenvalue weighted by Gasteiger charge is 2.31. The molecule has 104 valence electrons. The van der Waals surface area contributed by atoms with Gasteiger partial charge in [0, 0.05) is 11.6 Å². The molecule has 3 nitrogen and oxygen atoms in total. The van der Waals surface area contributed by atoms with E-state index in [1.807, 2.05) is 25.1 Å². The van der Waals surface area contributed by atoms with Crippen LogP contribution in [0.4, 0.5) is 0 Å². The Bertz CT molecular complexity index is 440. The molecule has 0 spiro atoms. The maximum absolute atomic E-state index is 10.5. The average molecular weight is 261 g/mol. The van der Waals surface area contributed by atoms with E-state index in [0.29, 0.717) is 12.6 Å². The molecule has 0 radical (unpaired) electrons. The van der Waals surface area contributed by atoms with Gasteiger partial charge in [-0.2, -0.15) is 0 Å². The van der Waals surface area contributed by atoms with Crippen LogP contribution in [0, 0.1) is 6.92 Å². The van der Waals surface area contributed by atoms with E-state index in [9.17, 15) is 5.11 Å². The van der Waals surface area contributed by atoms with E-state index >= 15 is 0 Å². The monoisotopic (exact) mass is 261 g/mol. The number of hydrogen-bond donors (Lipinski definition) is 2. The minimum atomic E-state index is -0.453. The normalized spacial score (nSPS) is 27.7. The first kappa shape index (κ1) is 12.9. The summed E-state index contributed by atoms with van der Waals surface area (Å²) < 4.78 is 5.81. The molecule has 2 N–H and O–H groups in total. The van der Waals surface area contributed by atoms with E-state index in [1.54, 1.807) is 0 Å². The first-order valence-corrected chi connectivity index (χ1v) is 7.41. The highest BCUT2D eigenvalue weighted by atomic mass is 16.5. The van der Waals surface area contributed by atoms with Crippen LogP contribution in [0.25, 0.3) is 0 Å². The average Bonchev–Trinajstić information content (AvgIpc) is 2.43. The second-order valence-corrected chi connectivity index (χ2v) is 5.91. The Kier molecular flexibility index (Phi) is 3.76. The number of aryl methyl sites for hydroxylation is 1. The number of rotatable bonds is 2. The standard InChI is InChI=1S/C16H23NO2/c1-11-7-8-13-15(9-11)19-10-14(16(13)18)17-12-5-3-2-4-6-12/h7-9,12,14,16-18H,2-6,10H2,1H3. The van der Waals surface area contributed by atoms with Crippen molar-refractivity contribution in [1.29, 1.82) is 0 Å². The highest BCUT2D eigenvalue weighted by Crippen LogP contribution is 2.33. The predicted molar refractivity (Wildman–Crippen MR) is 75.4 cm³/mol. The number of benzene rings is 1. The predicted octanol–water partition coefficient (Wildman–Crippen LogP) is 2.71. The molecule has 1 saturated carbocycles. The molecule has 1 aliphatic carbocycles. The Morgan fingerprint density at radius 1 is 1.21 bits per heavy atom. The van der Waals surface area contributed by atoms with Crippen LogP contribution in [-0.2, 0) is 0 Å². The second-order valence-electron chi connectivity index (χ2n) is 5.91. The lowest BCUT2D eigenvalue weighted by molar-refractivity contribution is 0.0643. The summed E-state index contributed by atoms with van der Waals surface area (Å²) in [6.45, 7) is 2.61. The molecule has 1 aliphatic heterocycles. The fourth-order valence-corrected chi connectivity index (χ4v) is 3.21. The van der Waals surface area contributed by atoms with Crippen molar-refractivity contribution in [1.82, 2.24) is 5.32 Å². The number of hydrogen-bond acceptors (Lipinski definition) is 3. The lowest BCUT2D eigenvalue weighted by atomic mass is 9.92. The van der Waals surface area contributed by atoms with Crippen LogP contribution in [0.3, 0.4) is 0 Å². The molecular weight excluding hydrogens is 238 g/mol. The molecule has 19 heavy (non-hydrogen) atoms. The first-order valence-electron chi connectivity index (χ1n) is 7.41. The van der Waals surface area contributed by atoms with E-state index in [4.69, 9.17) is 4.74 Å². The summed E-state index contributed by atoms with van der Waals surface area (Å²) in [5, 5.41) is 14.1. The molecule has 2 aliphatic rings. The van der Waals surface area contributed by atoms with Crippen LogP contribution >= 0.6 is 0 Å². The maximum atomic E-state index is 10.5. The smallest absolute Gasteiger partial charge is 0.125 e. The minimum Gasteiger partial charge on any atom is -0.491 e. The quantitative estimate of drug-likeness (QED) is 0.860. The van der Waals surface area contributed by atoms with Gasteiger partial charge in [0.05, 0.1) is 6.04 Å². The molecule has 1 fully saturated rings. The summed E-state index contributed by atoms with van der Waals surface area (Å²) in [6.07, 6.45) is 5.96. The molecule has 3 heteroatoms. The Hall–Kier alpha value is -1.06. The summed E-state index contributed by atoms with van der Waals surface area (Å²) in [5.74, 6) is 0.842. The van der Waals surface area contributed by atoms with Crippen molar-refractivity contribution in [3.8, 4) is 5.75 Å². The van der Waals surface area contributed by atoms with Crippen molar-refractivity contribution in [2.24, 2.45) is 0 Å². The molecule has 0 amide bonds. The number of nitrogens with one attached hydrogen (secondary N) is 1. The fraction of sp³-hybridized carbons (Fsp3) is 0.625. The fourth-order valence-electron chi connectivity index (χ4n) is 3.21. The maximum Gasteiger partial charge on any atom is 0.125 e.